The Balaban J connectivity index is 1.72. The maximum absolute atomic E-state index is 11.8. The lowest BCUT2D eigenvalue weighted by Crippen LogP contribution is -2.34. The first-order chi connectivity index (χ1) is 11.0. The molecule has 1 saturated heterocycles. The smallest absolute Gasteiger partial charge is 0.233 e. The van der Waals surface area contributed by atoms with E-state index < -0.39 is 0 Å². The predicted octanol–water partition coefficient (Wildman–Crippen LogP) is 1.27. The summed E-state index contributed by atoms with van der Waals surface area (Å²) in [6, 6.07) is 6.67. The minimum atomic E-state index is -0.387. The van der Waals surface area contributed by atoms with Crippen LogP contribution in [-0.4, -0.2) is 37.0 Å². The molecule has 0 aliphatic carbocycles. The minimum Gasteiger partial charge on any atom is -0.376 e. The fraction of sp³-hybridized carbons (Fsp3) is 0.438. The Hall–Kier alpha value is -2.41. The van der Waals surface area contributed by atoms with E-state index in [0.717, 1.165) is 19.4 Å². The highest BCUT2D eigenvalue weighted by Gasteiger charge is 2.17. The second kappa shape index (κ2) is 8.28. The fourth-order valence-electron chi connectivity index (χ4n) is 2.29. The van der Waals surface area contributed by atoms with Gasteiger partial charge < -0.3 is 20.7 Å². The highest BCUT2D eigenvalue weighted by atomic mass is 16.5. The van der Waals surface area contributed by atoms with Gasteiger partial charge in [-0.05, 0) is 37.1 Å². The van der Waals surface area contributed by atoms with Gasteiger partial charge in [-0.15, -0.1) is 0 Å². The molecule has 7 heteroatoms. The molecule has 1 fully saturated rings. The maximum atomic E-state index is 11.8. The van der Waals surface area contributed by atoms with E-state index in [1.54, 1.807) is 24.3 Å². The molecule has 7 nitrogen and oxygen atoms in total. The molecule has 2 rings (SSSR count). The van der Waals surface area contributed by atoms with Crippen LogP contribution in [0.4, 0.5) is 11.4 Å². The third-order valence-corrected chi connectivity index (χ3v) is 3.36. The molecule has 1 unspecified atom stereocenters. The van der Waals surface area contributed by atoms with E-state index >= 15 is 0 Å². The van der Waals surface area contributed by atoms with Gasteiger partial charge in [0.15, 0.2) is 0 Å². The topological polar surface area (TPSA) is 96.5 Å². The summed E-state index contributed by atoms with van der Waals surface area (Å²) in [5.74, 6) is -0.875. The average molecular weight is 319 g/mol. The third kappa shape index (κ3) is 6.07. The van der Waals surface area contributed by atoms with Crippen molar-refractivity contribution in [3.8, 4) is 0 Å². The summed E-state index contributed by atoms with van der Waals surface area (Å²) < 4.78 is 5.40. The van der Waals surface area contributed by atoms with Crippen molar-refractivity contribution in [2.75, 3.05) is 23.8 Å². The Bertz CT molecular complexity index is 565. The Morgan fingerprint density at radius 2 is 1.74 bits per heavy atom. The van der Waals surface area contributed by atoms with Crippen LogP contribution in [0.1, 0.15) is 26.2 Å². The highest BCUT2D eigenvalue weighted by molar-refractivity contribution is 6.03. The first-order valence-corrected chi connectivity index (χ1v) is 7.59. The van der Waals surface area contributed by atoms with Gasteiger partial charge in [0.1, 0.15) is 6.42 Å². The quantitative estimate of drug-likeness (QED) is 0.688. The van der Waals surface area contributed by atoms with E-state index in [4.69, 9.17) is 4.74 Å². The van der Waals surface area contributed by atoms with E-state index in [1.165, 1.54) is 6.92 Å². The summed E-state index contributed by atoms with van der Waals surface area (Å²) >= 11 is 0. The predicted molar refractivity (Wildman–Crippen MR) is 86.0 cm³/mol. The molecule has 1 atom stereocenters. The van der Waals surface area contributed by atoms with Gasteiger partial charge in [0.05, 0.1) is 6.10 Å². The van der Waals surface area contributed by atoms with Crippen molar-refractivity contribution in [2.24, 2.45) is 0 Å². The highest BCUT2D eigenvalue weighted by Crippen LogP contribution is 2.14. The Morgan fingerprint density at radius 1 is 1.09 bits per heavy atom. The van der Waals surface area contributed by atoms with Crippen molar-refractivity contribution >= 4 is 29.1 Å². The molecule has 124 valence electrons. The van der Waals surface area contributed by atoms with Crippen LogP contribution >= 0.6 is 0 Å². The van der Waals surface area contributed by atoms with Crippen LogP contribution in [-0.2, 0) is 19.1 Å². The minimum absolute atomic E-state index is 0.0586. The summed E-state index contributed by atoms with van der Waals surface area (Å²) in [5, 5.41) is 7.97. The summed E-state index contributed by atoms with van der Waals surface area (Å²) in [5.41, 5.74) is 1.21. The zero-order valence-corrected chi connectivity index (χ0v) is 13.1. The molecule has 1 aromatic carbocycles. The number of anilines is 2. The molecular formula is C16H21N3O4. The van der Waals surface area contributed by atoms with E-state index in [9.17, 15) is 14.4 Å². The van der Waals surface area contributed by atoms with Crippen LogP contribution in [0.15, 0.2) is 24.3 Å². The first-order valence-electron chi connectivity index (χ1n) is 7.59. The SMILES string of the molecule is CC(=O)Nc1ccc(NC(=O)CC(=O)NCC2CCCO2)cc1. The van der Waals surface area contributed by atoms with Crippen molar-refractivity contribution in [2.45, 2.75) is 32.3 Å². The van der Waals surface area contributed by atoms with Crippen molar-refractivity contribution in [3.05, 3.63) is 24.3 Å². The number of hydrogen-bond donors (Lipinski definition) is 3. The Morgan fingerprint density at radius 3 is 2.30 bits per heavy atom. The lowest BCUT2D eigenvalue weighted by molar-refractivity contribution is -0.127. The molecule has 1 aliphatic rings. The van der Waals surface area contributed by atoms with Gasteiger partial charge in [-0.3, -0.25) is 14.4 Å². The fourth-order valence-corrected chi connectivity index (χ4v) is 2.29. The first kappa shape index (κ1) is 17.0. The number of rotatable bonds is 6. The number of benzene rings is 1. The maximum Gasteiger partial charge on any atom is 0.233 e. The van der Waals surface area contributed by atoms with Crippen LogP contribution in [0.5, 0.6) is 0 Å². The lowest BCUT2D eigenvalue weighted by atomic mass is 10.2. The summed E-state index contributed by atoms with van der Waals surface area (Å²) in [4.78, 5) is 34.4. The molecule has 0 spiro atoms. The van der Waals surface area contributed by atoms with E-state index in [0.29, 0.717) is 17.9 Å². The van der Waals surface area contributed by atoms with E-state index in [1.807, 2.05) is 0 Å². The second-order valence-corrected chi connectivity index (χ2v) is 5.42. The van der Waals surface area contributed by atoms with E-state index in [-0.39, 0.29) is 30.2 Å². The molecular weight excluding hydrogens is 298 g/mol. The molecule has 0 aromatic heterocycles. The van der Waals surface area contributed by atoms with Gasteiger partial charge in [0.25, 0.3) is 0 Å². The van der Waals surface area contributed by atoms with Crippen LogP contribution < -0.4 is 16.0 Å². The molecule has 0 saturated carbocycles. The normalized spacial score (nSPS) is 16.7. The van der Waals surface area contributed by atoms with Crippen LogP contribution in [0.3, 0.4) is 0 Å². The number of carbonyl (C=O) groups is 3. The summed E-state index contributed by atoms with van der Waals surface area (Å²) in [7, 11) is 0. The number of hydrogen-bond acceptors (Lipinski definition) is 4. The molecule has 1 heterocycles. The monoisotopic (exact) mass is 319 g/mol. The summed E-state index contributed by atoms with van der Waals surface area (Å²) in [6.07, 6.45) is 1.77. The van der Waals surface area contributed by atoms with Crippen molar-refractivity contribution in [3.63, 3.8) is 0 Å². The zero-order chi connectivity index (χ0) is 16.7. The number of ether oxygens (including phenoxy) is 1. The van der Waals surface area contributed by atoms with Gasteiger partial charge >= 0.3 is 0 Å². The van der Waals surface area contributed by atoms with Gasteiger partial charge in [-0.2, -0.15) is 0 Å². The molecule has 1 aliphatic heterocycles. The molecule has 0 bridgehead atoms. The van der Waals surface area contributed by atoms with Gasteiger partial charge in [-0.25, -0.2) is 0 Å². The standard InChI is InChI=1S/C16H21N3O4/c1-11(20)18-12-4-6-13(7-5-12)19-16(22)9-15(21)17-10-14-3-2-8-23-14/h4-7,14H,2-3,8-10H2,1H3,(H,17,21)(H,18,20)(H,19,22). The van der Waals surface area contributed by atoms with Gasteiger partial charge in [-0.1, -0.05) is 0 Å². The number of nitrogens with one attached hydrogen (secondary N) is 3. The molecule has 3 amide bonds. The molecule has 23 heavy (non-hydrogen) atoms. The van der Waals surface area contributed by atoms with Crippen molar-refractivity contribution in [1.82, 2.24) is 5.32 Å². The Labute approximate surface area is 134 Å². The van der Waals surface area contributed by atoms with Gasteiger partial charge in [0, 0.05) is 31.5 Å². The Kier molecular flexibility index (Phi) is 6.10. The molecule has 3 N–H and O–H groups in total. The third-order valence-electron chi connectivity index (χ3n) is 3.36. The van der Waals surface area contributed by atoms with E-state index in [2.05, 4.69) is 16.0 Å². The second-order valence-electron chi connectivity index (χ2n) is 5.42. The van der Waals surface area contributed by atoms with Crippen molar-refractivity contribution < 1.29 is 19.1 Å². The van der Waals surface area contributed by atoms with Crippen molar-refractivity contribution in [1.29, 1.82) is 0 Å². The average Bonchev–Trinajstić information content (AvgIpc) is 3.00. The number of amides is 3. The molecule has 1 aromatic rings. The molecule has 0 radical (unpaired) electrons. The lowest BCUT2D eigenvalue weighted by Gasteiger charge is -2.11. The van der Waals surface area contributed by atoms with Crippen LogP contribution in [0.25, 0.3) is 0 Å². The van der Waals surface area contributed by atoms with Crippen LogP contribution in [0.2, 0.25) is 0 Å². The largest absolute Gasteiger partial charge is 0.376 e. The zero-order valence-electron chi connectivity index (χ0n) is 13.1. The van der Waals surface area contributed by atoms with Crippen LogP contribution in [0, 0.1) is 0 Å². The number of carbonyl (C=O) groups excluding carboxylic acids is 3. The summed E-state index contributed by atoms with van der Waals surface area (Å²) in [6.45, 7) is 2.60. The van der Waals surface area contributed by atoms with Gasteiger partial charge in [0.2, 0.25) is 17.7 Å².